The summed E-state index contributed by atoms with van der Waals surface area (Å²) in [6.07, 6.45) is 0.467. The lowest BCUT2D eigenvalue weighted by molar-refractivity contribution is 0.0943. The maximum atomic E-state index is 12.2. The largest absolute Gasteiger partial charge is 0.444 e. The predicted octanol–water partition coefficient (Wildman–Crippen LogP) is 2.28. The molecule has 0 unspecified atom stereocenters. The Bertz CT molecular complexity index is 778. The molecule has 25 heavy (non-hydrogen) atoms. The minimum atomic E-state index is -0.506. The number of furan rings is 1. The van der Waals surface area contributed by atoms with Crippen molar-refractivity contribution in [3.8, 4) is 0 Å². The fourth-order valence-electron chi connectivity index (χ4n) is 1.92. The number of aliphatic hydroxyl groups excluding tert-OH is 1. The number of aliphatic hydroxyl groups is 1. The molecule has 2 aromatic rings. The summed E-state index contributed by atoms with van der Waals surface area (Å²) in [6, 6.07) is 9.85. The molecule has 0 saturated carbocycles. The van der Waals surface area contributed by atoms with Crippen LogP contribution >= 0.6 is 28.1 Å². The summed E-state index contributed by atoms with van der Waals surface area (Å²) in [5.41, 5.74) is 0.827. The highest BCUT2D eigenvalue weighted by atomic mass is 79.9. The van der Waals surface area contributed by atoms with Crippen LogP contribution in [0.4, 0.5) is 5.69 Å². The predicted molar refractivity (Wildman–Crippen MR) is 101 cm³/mol. The van der Waals surface area contributed by atoms with Gasteiger partial charge < -0.3 is 20.2 Å². The standard InChI is InChI=1S/C16H16BrN3O4S/c17-13-7-6-12(24-13)15(23)20-16(25)19-11-5-2-1-4-10(11)14(22)18-8-3-9-21/h1-2,4-7,21H,3,8-9H2,(H,18,22)(H2,19,20,23,25). The molecule has 2 rings (SSSR count). The Labute approximate surface area is 157 Å². The summed E-state index contributed by atoms with van der Waals surface area (Å²) in [5.74, 6) is -0.709. The quantitative estimate of drug-likeness (QED) is 0.418. The second kappa shape index (κ2) is 9.30. The highest BCUT2D eigenvalue weighted by molar-refractivity contribution is 9.10. The van der Waals surface area contributed by atoms with Crippen LogP contribution in [0.15, 0.2) is 45.5 Å². The number of nitrogens with one attached hydrogen (secondary N) is 3. The number of amides is 2. The van der Waals surface area contributed by atoms with Crippen molar-refractivity contribution >= 4 is 50.8 Å². The van der Waals surface area contributed by atoms with Crippen LogP contribution in [0, 0.1) is 0 Å². The molecule has 132 valence electrons. The van der Waals surface area contributed by atoms with Gasteiger partial charge in [-0.15, -0.1) is 0 Å². The molecule has 0 aliphatic rings. The zero-order valence-corrected chi connectivity index (χ0v) is 15.4. The van der Waals surface area contributed by atoms with Crippen LogP contribution in [0.5, 0.6) is 0 Å². The molecule has 0 saturated heterocycles. The summed E-state index contributed by atoms with van der Waals surface area (Å²) in [5, 5.41) is 16.8. The van der Waals surface area contributed by atoms with Gasteiger partial charge in [0.25, 0.3) is 11.8 Å². The molecular formula is C16H16BrN3O4S. The second-order valence-corrected chi connectivity index (χ2v) is 6.08. The van der Waals surface area contributed by atoms with Gasteiger partial charge in [-0.2, -0.15) is 0 Å². The van der Waals surface area contributed by atoms with Gasteiger partial charge in [0.1, 0.15) is 0 Å². The van der Waals surface area contributed by atoms with Gasteiger partial charge in [-0.25, -0.2) is 0 Å². The van der Waals surface area contributed by atoms with Gasteiger partial charge in [0.2, 0.25) is 0 Å². The van der Waals surface area contributed by atoms with E-state index in [0.29, 0.717) is 28.9 Å². The van der Waals surface area contributed by atoms with E-state index >= 15 is 0 Å². The van der Waals surface area contributed by atoms with Crippen molar-refractivity contribution in [1.82, 2.24) is 10.6 Å². The molecule has 9 heteroatoms. The number of hydrogen-bond acceptors (Lipinski definition) is 5. The molecular weight excluding hydrogens is 410 g/mol. The van der Waals surface area contributed by atoms with E-state index in [-0.39, 0.29) is 23.4 Å². The van der Waals surface area contributed by atoms with Gasteiger partial charge in [-0.1, -0.05) is 12.1 Å². The molecule has 7 nitrogen and oxygen atoms in total. The second-order valence-electron chi connectivity index (χ2n) is 4.89. The number of carbonyl (C=O) groups is 2. The van der Waals surface area contributed by atoms with Gasteiger partial charge in [0.15, 0.2) is 15.5 Å². The smallest absolute Gasteiger partial charge is 0.293 e. The van der Waals surface area contributed by atoms with Gasteiger partial charge in [-0.05, 0) is 58.8 Å². The number of rotatable bonds is 6. The Morgan fingerprint density at radius 2 is 1.92 bits per heavy atom. The van der Waals surface area contributed by atoms with Crippen LogP contribution < -0.4 is 16.0 Å². The fourth-order valence-corrected chi connectivity index (χ4v) is 2.43. The number of anilines is 1. The maximum absolute atomic E-state index is 12.2. The number of thiocarbonyl (C=S) groups is 1. The van der Waals surface area contributed by atoms with Crippen molar-refractivity contribution in [2.75, 3.05) is 18.5 Å². The maximum Gasteiger partial charge on any atom is 0.293 e. The van der Waals surface area contributed by atoms with Crippen molar-refractivity contribution in [2.24, 2.45) is 0 Å². The number of halogens is 1. The van der Waals surface area contributed by atoms with Crippen LogP contribution in [0.1, 0.15) is 27.3 Å². The van der Waals surface area contributed by atoms with Gasteiger partial charge in [0.05, 0.1) is 11.3 Å². The first-order valence-electron chi connectivity index (χ1n) is 7.37. The number of para-hydroxylation sites is 1. The molecule has 2 amide bonds. The van der Waals surface area contributed by atoms with Crippen LogP contribution in [0.2, 0.25) is 0 Å². The molecule has 0 atom stereocenters. The van der Waals surface area contributed by atoms with Crippen molar-refractivity contribution in [3.05, 3.63) is 52.4 Å². The topological polar surface area (TPSA) is 104 Å². The first kappa shape index (κ1) is 19.1. The van der Waals surface area contributed by atoms with E-state index < -0.39 is 5.91 Å². The Hall–Kier alpha value is -2.23. The first-order chi connectivity index (χ1) is 12.0. The summed E-state index contributed by atoms with van der Waals surface area (Å²) in [6.45, 7) is 0.359. The van der Waals surface area contributed by atoms with Gasteiger partial charge in [-0.3, -0.25) is 14.9 Å². The molecule has 4 N–H and O–H groups in total. The van der Waals surface area contributed by atoms with Crippen LogP contribution in [0.25, 0.3) is 0 Å². The number of hydrogen-bond donors (Lipinski definition) is 4. The molecule has 0 aliphatic carbocycles. The molecule has 0 bridgehead atoms. The fraction of sp³-hybridized carbons (Fsp3) is 0.188. The normalized spacial score (nSPS) is 10.2. The third-order valence-electron chi connectivity index (χ3n) is 3.06. The lowest BCUT2D eigenvalue weighted by Gasteiger charge is -2.13. The summed E-state index contributed by atoms with van der Waals surface area (Å²) in [7, 11) is 0. The van der Waals surface area contributed by atoms with Crippen molar-refractivity contribution < 1.29 is 19.1 Å². The zero-order chi connectivity index (χ0) is 18.2. The number of carbonyl (C=O) groups excluding carboxylic acids is 2. The van der Waals surface area contributed by atoms with Crippen LogP contribution in [0.3, 0.4) is 0 Å². The summed E-state index contributed by atoms with van der Waals surface area (Å²) >= 11 is 8.23. The van der Waals surface area contributed by atoms with Crippen molar-refractivity contribution in [3.63, 3.8) is 0 Å². The third kappa shape index (κ3) is 5.66. The van der Waals surface area contributed by atoms with Crippen molar-refractivity contribution in [2.45, 2.75) is 6.42 Å². The van der Waals surface area contributed by atoms with Gasteiger partial charge >= 0.3 is 0 Å². The molecule has 1 heterocycles. The SMILES string of the molecule is O=C(NC(=S)Nc1ccccc1C(=O)NCCCO)c1ccc(Br)o1. The summed E-state index contributed by atoms with van der Waals surface area (Å²) < 4.78 is 5.58. The molecule has 0 fully saturated rings. The van der Waals surface area contributed by atoms with E-state index in [0.717, 1.165) is 0 Å². The lowest BCUT2D eigenvalue weighted by atomic mass is 10.1. The Balaban J connectivity index is 2.00. The van der Waals surface area contributed by atoms with E-state index in [1.165, 1.54) is 6.07 Å². The molecule has 0 spiro atoms. The van der Waals surface area contributed by atoms with E-state index in [2.05, 4.69) is 31.9 Å². The van der Waals surface area contributed by atoms with Crippen LogP contribution in [-0.4, -0.2) is 35.2 Å². The van der Waals surface area contributed by atoms with Crippen LogP contribution in [-0.2, 0) is 0 Å². The average molecular weight is 426 g/mol. The number of benzene rings is 1. The van der Waals surface area contributed by atoms with E-state index in [9.17, 15) is 9.59 Å². The minimum Gasteiger partial charge on any atom is -0.444 e. The van der Waals surface area contributed by atoms with E-state index in [4.69, 9.17) is 21.7 Å². The average Bonchev–Trinajstić information content (AvgIpc) is 3.02. The highest BCUT2D eigenvalue weighted by Gasteiger charge is 2.15. The van der Waals surface area contributed by atoms with Gasteiger partial charge in [0, 0.05) is 13.2 Å². The van der Waals surface area contributed by atoms with E-state index in [1.807, 2.05) is 0 Å². The zero-order valence-electron chi connectivity index (χ0n) is 13.0. The lowest BCUT2D eigenvalue weighted by Crippen LogP contribution is -2.35. The molecule has 1 aromatic carbocycles. The molecule has 0 radical (unpaired) electrons. The summed E-state index contributed by atoms with van der Waals surface area (Å²) in [4.78, 5) is 24.2. The minimum absolute atomic E-state index is 0.000806. The third-order valence-corrected chi connectivity index (χ3v) is 3.69. The van der Waals surface area contributed by atoms with Crippen molar-refractivity contribution in [1.29, 1.82) is 0 Å². The Kier molecular flexibility index (Phi) is 7.11. The molecule has 0 aliphatic heterocycles. The van der Waals surface area contributed by atoms with E-state index in [1.54, 1.807) is 30.3 Å². The molecule has 1 aromatic heterocycles. The Morgan fingerprint density at radius 3 is 2.60 bits per heavy atom. The Morgan fingerprint density at radius 1 is 1.16 bits per heavy atom. The first-order valence-corrected chi connectivity index (χ1v) is 8.57. The monoisotopic (exact) mass is 425 g/mol. The highest BCUT2D eigenvalue weighted by Crippen LogP contribution is 2.16.